The lowest BCUT2D eigenvalue weighted by Gasteiger charge is -2.47. The zero-order chi connectivity index (χ0) is 23.6. The van der Waals surface area contributed by atoms with Gasteiger partial charge in [-0.2, -0.15) is 0 Å². The zero-order valence-corrected chi connectivity index (χ0v) is 20.0. The number of piperidine rings is 2. The van der Waals surface area contributed by atoms with Gasteiger partial charge in [-0.25, -0.2) is 9.97 Å². The van der Waals surface area contributed by atoms with E-state index in [0.717, 1.165) is 25.1 Å². The number of nitrogens with zero attached hydrogens (tertiary/aromatic N) is 4. The maximum Gasteiger partial charge on any atom is 0.229 e. The van der Waals surface area contributed by atoms with E-state index >= 15 is 0 Å². The van der Waals surface area contributed by atoms with E-state index in [1.54, 1.807) is 6.92 Å². The van der Waals surface area contributed by atoms with Crippen LogP contribution < -0.4 is 5.73 Å². The first-order valence-corrected chi connectivity index (χ1v) is 11.9. The molecule has 2 aliphatic rings. The maximum atomic E-state index is 14.2. The molecule has 2 amide bonds. The molecule has 2 aromatic rings. The highest BCUT2D eigenvalue weighted by Crippen LogP contribution is 2.40. The number of amides is 2. The van der Waals surface area contributed by atoms with E-state index in [4.69, 9.17) is 5.73 Å². The molecule has 1 aromatic heterocycles. The standard InChI is InChI=1S/C26H35N5O2/c1-19-28-22(16-23(27)29-19)25(3)10-7-13-31(18-25)24(33)26(17-21-8-5-4-6-9-21)11-14-30(15-12-26)20(2)32/h4-6,8-9,16H,7,10-15,17-18H2,1-3H3,(H2,27,28,29). The second-order valence-corrected chi connectivity index (χ2v) is 10.1. The molecule has 2 saturated heterocycles. The summed E-state index contributed by atoms with van der Waals surface area (Å²) in [5, 5.41) is 0. The Morgan fingerprint density at radius 1 is 1.03 bits per heavy atom. The first kappa shape index (κ1) is 23.2. The molecule has 4 rings (SSSR count). The van der Waals surface area contributed by atoms with Crippen LogP contribution in [0.4, 0.5) is 5.82 Å². The SMILES string of the molecule is CC(=O)N1CCC(Cc2ccccc2)(C(=O)N2CCCC(C)(c3cc(N)nc(C)n3)C2)CC1. The van der Waals surface area contributed by atoms with Crippen molar-refractivity contribution in [2.45, 2.75) is 58.3 Å². The third-order valence-electron chi connectivity index (χ3n) is 7.46. The van der Waals surface area contributed by atoms with Gasteiger partial charge in [0, 0.05) is 44.6 Å². The van der Waals surface area contributed by atoms with Crippen LogP contribution in [0.2, 0.25) is 0 Å². The first-order valence-electron chi connectivity index (χ1n) is 11.9. The van der Waals surface area contributed by atoms with Gasteiger partial charge in [-0.3, -0.25) is 9.59 Å². The zero-order valence-electron chi connectivity index (χ0n) is 20.0. The van der Waals surface area contributed by atoms with Crippen molar-refractivity contribution in [3.8, 4) is 0 Å². The Hall–Kier alpha value is -2.96. The van der Waals surface area contributed by atoms with Crippen LogP contribution in [0.3, 0.4) is 0 Å². The molecule has 176 valence electrons. The van der Waals surface area contributed by atoms with Crippen LogP contribution in [0.25, 0.3) is 0 Å². The van der Waals surface area contributed by atoms with Gasteiger partial charge in [-0.1, -0.05) is 37.3 Å². The summed E-state index contributed by atoms with van der Waals surface area (Å²) in [5.74, 6) is 1.42. The number of aromatic nitrogens is 2. The van der Waals surface area contributed by atoms with E-state index in [1.165, 1.54) is 5.56 Å². The molecule has 0 bridgehead atoms. The van der Waals surface area contributed by atoms with Crippen molar-refractivity contribution in [3.05, 3.63) is 53.5 Å². The van der Waals surface area contributed by atoms with E-state index in [1.807, 2.05) is 41.0 Å². The summed E-state index contributed by atoms with van der Waals surface area (Å²) >= 11 is 0. The number of nitrogens with two attached hydrogens (primary N) is 1. The number of hydrogen-bond acceptors (Lipinski definition) is 5. The molecule has 0 radical (unpaired) electrons. The largest absolute Gasteiger partial charge is 0.384 e. The fourth-order valence-corrected chi connectivity index (χ4v) is 5.56. The summed E-state index contributed by atoms with van der Waals surface area (Å²) in [7, 11) is 0. The molecule has 1 aromatic carbocycles. The predicted octanol–water partition coefficient (Wildman–Crippen LogP) is 3.12. The van der Waals surface area contributed by atoms with E-state index in [2.05, 4.69) is 29.0 Å². The van der Waals surface area contributed by atoms with Crippen LogP contribution in [0.1, 0.15) is 56.6 Å². The normalized spacial score (nSPS) is 22.8. The van der Waals surface area contributed by atoms with Crippen molar-refractivity contribution < 1.29 is 9.59 Å². The molecule has 3 heterocycles. The number of anilines is 1. The van der Waals surface area contributed by atoms with Gasteiger partial charge in [0.15, 0.2) is 0 Å². The summed E-state index contributed by atoms with van der Waals surface area (Å²) in [6.07, 6.45) is 3.95. The number of aryl methyl sites for hydroxylation is 1. The summed E-state index contributed by atoms with van der Waals surface area (Å²) in [4.78, 5) is 38.9. The monoisotopic (exact) mass is 449 g/mol. The molecule has 33 heavy (non-hydrogen) atoms. The molecule has 2 aliphatic heterocycles. The summed E-state index contributed by atoms with van der Waals surface area (Å²) in [6.45, 7) is 8.26. The topological polar surface area (TPSA) is 92.4 Å². The van der Waals surface area contributed by atoms with Crippen LogP contribution in [0.15, 0.2) is 36.4 Å². The fraction of sp³-hybridized carbons (Fsp3) is 0.538. The van der Waals surface area contributed by atoms with Crippen LogP contribution >= 0.6 is 0 Å². The molecule has 2 fully saturated rings. The van der Waals surface area contributed by atoms with E-state index in [9.17, 15) is 9.59 Å². The van der Waals surface area contributed by atoms with Crippen molar-refractivity contribution in [3.63, 3.8) is 0 Å². The quantitative estimate of drug-likeness (QED) is 0.774. The van der Waals surface area contributed by atoms with Gasteiger partial charge < -0.3 is 15.5 Å². The number of likely N-dealkylation sites (tertiary alicyclic amines) is 2. The van der Waals surface area contributed by atoms with Gasteiger partial charge >= 0.3 is 0 Å². The predicted molar refractivity (Wildman–Crippen MR) is 128 cm³/mol. The Balaban J connectivity index is 1.61. The Labute approximate surface area is 196 Å². The highest BCUT2D eigenvalue weighted by Gasteiger charge is 2.46. The minimum atomic E-state index is -0.494. The third-order valence-corrected chi connectivity index (χ3v) is 7.46. The van der Waals surface area contributed by atoms with E-state index < -0.39 is 5.41 Å². The lowest BCUT2D eigenvalue weighted by Crippen LogP contribution is -2.56. The number of nitrogen functional groups attached to an aromatic ring is 1. The minimum absolute atomic E-state index is 0.0815. The van der Waals surface area contributed by atoms with Crippen molar-refractivity contribution in [1.29, 1.82) is 0 Å². The Morgan fingerprint density at radius 2 is 1.73 bits per heavy atom. The first-order chi connectivity index (χ1) is 15.7. The van der Waals surface area contributed by atoms with Crippen molar-refractivity contribution in [2.24, 2.45) is 5.41 Å². The van der Waals surface area contributed by atoms with Gasteiger partial charge in [0.05, 0.1) is 11.1 Å². The second kappa shape index (κ2) is 9.12. The average Bonchev–Trinajstić information content (AvgIpc) is 2.79. The molecular weight excluding hydrogens is 414 g/mol. The molecule has 1 atom stereocenters. The molecule has 0 saturated carbocycles. The van der Waals surface area contributed by atoms with Gasteiger partial charge in [-0.15, -0.1) is 0 Å². The fourth-order valence-electron chi connectivity index (χ4n) is 5.56. The van der Waals surface area contributed by atoms with Crippen molar-refractivity contribution >= 4 is 17.6 Å². The molecule has 0 aliphatic carbocycles. The van der Waals surface area contributed by atoms with Crippen molar-refractivity contribution in [2.75, 3.05) is 31.9 Å². The van der Waals surface area contributed by atoms with Gasteiger partial charge in [0.25, 0.3) is 0 Å². The summed E-state index contributed by atoms with van der Waals surface area (Å²) in [5.41, 5.74) is 7.34. The van der Waals surface area contributed by atoms with Crippen LogP contribution in [0, 0.1) is 12.3 Å². The van der Waals surface area contributed by atoms with Gasteiger partial charge in [0.1, 0.15) is 11.6 Å². The minimum Gasteiger partial charge on any atom is -0.384 e. The lowest BCUT2D eigenvalue weighted by molar-refractivity contribution is -0.150. The number of benzene rings is 1. The highest BCUT2D eigenvalue weighted by atomic mass is 16.2. The number of carbonyl (C=O) groups is 2. The van der Waals surface area contributed by atoms with Crippen molar-refractivity contribution in [1.82, 2.24) is 19.8 Å². The lowest BCUT2D eigenvalue weighted by atomic mass is 9.71. The molecule has 2 N–H and O–H groups in total. The van der Waals surface area contributed by atoms with E-state index in [0.29, 0.717) is 50.5 Å². The van der Waals surface area contributed by atoms with Gasteiger partial charge in [0.2, 0.25) is 11.8 Å². The maximum absolute atomic E-state index is 14.2. The van der Waals surface area contributed by atoms with Crippen LogP contribution in [0.5, 0.6) is 0 Å². The van der Waals surface area contributed by atoms with E-state index in [-0.39, 0.29) is 17.2 Å². The molecule has 0 spiro atoms. The summed E-state index contributed by atoms with van der Waals surface area (Å²) < 4.78 is 0. The molecule has 1 unspecified atom stereocenters. The second-order valence-electron chi connectivity index (χ2n) is 10.1. The number of hydrogen-bond donors (Lipinski definition) is 1. The molecular formula is C26H35N5O2. The Morgan fingerprint density at radius 3 is 2.36 bits per heavy atom. The number of carbonyl (C=O) groups excluding carboxylic acids is 2. The number of rotatable bonds is 4. The van der Waals surface area contributed by atoms with Crippen LogP contribution in [-0.2, 0) is 21.4 Å². The average molecular weight is 450 g/mol. The molecule has 7 heteroatoms. The smallest absolute Gasteiger partial charge is 0.229 e. The summed E-state index contributed by atoms with van der Waals surface area (Å²) in [6, 6.07) is 12.1. The van der Waals surface area contributed by atoms with Crippen LogP contribution in [-0.4, -0.2) is 57.8 Å². The Kier molecular flexibility index (Phi) is 6.41. The molecule has 7 nitrogen and oxygen atoms in total. The highest BCUT2D eigenvalue weighted by molar-refractivity contribution is 5.84. The third kappa shape index (κ3) is 4.87. The Bertz CT molecular complexity index is 996. The van der Waals surface area contributed by atoms with Gasteiger partial charge in [-0.05, 0) is 44.6 Å².